The van der Waals surface area contributed by atoms with Crippen molar-refractivity contribution in [1.82, 2.24) is 4.31 Å². The normalized spacial score (nSPS) is 21.4. The van der Waals surface area contributed by atoms with Crippen LogP contribution in [0, 0.1) is 0 Å². The molecule has 6 nitrogen and oxygen atoms in total. The molecule has 20 heavy (non-hydrogen) atoms. The van der Waals surface area contributed by atoms with E-state index in [-0.39, 0.29) is 23.1 Å². The van der Waals surface area contributed by atoms with Crippen LogP contribution in [0.1, 0.15) is 23.7 Å². The molecule has 0 radical (unpaired) electrons. The molecule has 1 aromatic rings. The number of benzene rings is 1. The van der Waals surface area contributed by atoms with E-state index in [9.17, 15) is 13.2 Å². The summed E-state index contributed by atoms with van der Waals surface area (Å²) < 4.78 is 31.9. The van der Waals surface area contributed by atoms with Crippen LogP contribution in [0.15, 0.2) is 29.2 Å². The number of sulfonamides is 1. The number of hydrogen-bond donors (Lipinski definition) is 1. The molecule has 2 rings (SSSR count). The van der Waals surface area contributed by atoms with Gasteiger partial charge in [-0.25, -0.2) is 13.2 Å². The minimum absolute atomic E-state index is 0.00602. The van der Waals surface area contributed by atoms with Gasteiger partial charge in [0.15, 0.2) is 0 Å². The second kappa shape index (κ2) is 5.90. The summed E-state index contributed by atoms with van der Waals surface area (Å²) in [6.07, 6.45) is 0.456. The van der Waals surface area contributed by atoms with Crippen molar-refractivity contribution >= 4 is 16.0 Å². The summed E-state index contributed by atoms with van der Waals surface area (Å²) in [4.78, 5) is 10.9. The lowest BCUT2D eigenvalue weighted by atomic mass is 10.2. The van der Waals surface area contributed by atoms with Gasteiger partial charge in [0, 0.05) is 19.7 Å². The molecule has 0 saturated carbocycles. The number of rotatable bonds is 3. The first-order valence-corrected chi connectivity index (χ1v) is 7.80. The van der Waals surface area contributed by atoms with E-state index < -0.39 is 16.0 Å². The molecule has 0 amide bonds. The maximum atomic E-state index is 12.5. The van der Waals surface area contributed by atoms with Crippen LogP contribution < -0.4 is 0 Å². The van der Waals surface area contributed by atoms with Gasteiger partial charge in [-0.05, 0) is 31.5 Å². The second-order valence-corrected chi connectivity index (χ2v) is 6.67. The molecule has 110 valence electrons. The average Bonchev–Trinajstić information content (AvgIpc) is 2.64. The van der Waals surface area contributed by atoms with Crippen molar-refractivity contribution in [3.8, 4) is 0 Å². The van der Waals surface area contributed by atoms with E-state index in [2.05, 4.69) is 0 Å². The Morgan fingerprint density at radius 1 is 1.45 bits per heavy atom. The smallest absolute Gasteiger partial charge is 0.335 e. The summed E-state index contributed by atoms with van der Waals surface area (Å²) in [5, 5.41) is 8.94. The molecule has 1 saturated heterocycles. The summed E-state index contributed by atoms with van der Waals surface area (Å²) in [5.41, 5.74) is -0.0369. The molecule has 1 unspecified atom stereocenters. The third-order valence-corrected chi connectivity index (χ3v) is 4.99. The first kappa shape index (κ1) is 15.0. The average molecular weight is 299 g/mol. The fourth-order valence-corrected chi connectivity index (χ4v) is 3.71. The Hall–Kier alpha value is -1.44. The van der Waals surface area contributed by atoms with Gasteiger partial charge >= 0.3 is 5.97 Å². The largest absolute Gasteiger partial charge is 0.478 e. The van der Waals surface area contributed by atoms with Gasteiger partial charge in [0.2, 0.25) is 10.0 Å². The van der Waals surface area contributed by atoms with Gasteiger partial charge in [-0.2, -0.15) is 4.31 Å². The van der Waals surface area contributed by atoms with E-state index in [1.807, 2.05) is 6.92 Å². The zero-order chi connectivity index (χ0) is 14.8. The summed E-state index contributed by atoms with van der Waals surface area (Å²) in [5.74, 6) is -1.14. The van der Waals surface area contributed by atoms with Crippen molar-refractivity contribution in [2.24, 2.45) is 0 Å². The first-order chi connectivity index (χ1) is 9.41. The predicted octanol–water partition coefficient (Wildman–Crippen LogP) is 1.18. The fourth-order valence-electron chi connectivity index (χ4n) is 2.11. The van der Waals surface area contributed by atoms with Crippen molar-refractivity contribution in [1.29, 1.82) is 0 Å². The summed E-state index contributed by atoms with van der Waals surface area (Å²) in [6, 6.07) is 5.41. The predicted molar refractivity (Wildman–Crippen MR) is 72.2 cm³/mol. The molecule has 0 aliphatic carbocycles. The minimum atomic E-state index is -3.68. The van der Waals surface area contributed by atoms with Gasteiger partial charge < -0.3 is 9.84 Å². The fraction of sp³-hybridized carbons (Fsp3) is 0.462. The van der Waals surface area contributed by atoms with Crippen LogP contribution in [-0.2, 0) is 14.8 Å². The number of ether oxygens (including phenoxy) is 1. The lowest BCUT2D eigenvalue weighted by molar-refractivity contribution is 0.0696. The zero-order valence-electron chi connectivity index (χ0n) is 11.2. The van der Waals surface area contributed by atoms with Crippen LogP contribution in [0.3, 0.4) is 0 Å². The van der Waals surface area contributed by atoms with Gasteiger partial charge in [-0.15, -0.1) is 0 Å². The number of carboxylic acids is 1. The number of carbonyl (C=O) groups is 1. The number of carboxylic acid groups (broad SMARTS) is 1. The number of aromatic carboxylic acids is 1. The van der Waals surface area contributed by atoms with Gasteiger partial charge in [0.05, 0.1) is 16.6 Å². The molecule has 1 atom stereocenters. The lowest BCUT2D eigenvalue weighted by Gasteiger charge is -2.21. The highest BCUT2D eigenvalue weighted by molar-refractivity contribution is 7.89. The van der Waals surface area contributed by atoms with Crippen LogP contribution in [0.25, 0.3) is 0 Å². The van der Waals surface area contributed by atoms with E-state index in [1.165, 1.54) is 28.6 Å². The molecule has 1 aromatic carbocycles. The maximum Gasteiger partial charge on any atom is 0.335 e. The van der Waals surface area contributed by atoms with Crippen molar-refractivity contribution in [3.05, 3.63) is 29.8 Å². The Bertz CT molecular complexity index is 599. The van der Waals surface area contributed by atoms with Crippen LogP contribution in [0.2, 0.25) is 0 Å². The molecule has 1 N–H and O–H groups in total. The molecule has 1 aliphatic heterocycles. The second-order valence-electron chi connectivity index (χ2n) is 4.73. The van der Waals surface area contributed by atoms with Gasteiger partial charge in [-0.3, -0.25) is 0 Å². The standard InChI is InChI=1S/C13H17NO5S/c1-10-9-14(6-3-7-19-10)20(17,18)12-5-2-4-11(8-12)13(15)16/h2,4-5,8,10H,3,6-7,9H2,1H3,(H,15,16). The van der Waals surface area contributed by atoms with E-state index in [4.69, 9.17) is 9.84 Å². The van der Waals surface area contributed by atoms with Crippen LogP contribution in [0.4, 0.5) is 0 Å². The number of hydrogen-bond acceptors (Lipinski definition) is 4. The van der Waals surface area contributed by atoms with E-state index in [0.717, 1.165) is 0 Å². The highest BCUT2D eigenvalue weighted by atomic mass is 32.2. The van der Waals surface area contributed by atoms with E-state index in [0.29, 0.717) is 19.6 Å². The highest BCUT2D eigenvalue weighted by Crippen LogP contribution is 2.20. The number of nitrogens with zero attached hydrogens (tertiary/aromatic N) is 1. The molecule has 1 heterocycles. The summed E-state index contributed by atoms with van der Waals surface area (Å²) >= 11 is 0. The van der Waals surface area contributed by atoms with Crippen molar-refractivity contribution in [2.75, 3.05) is 19.7 Å². The van der Waals surface area contributed by atoms with Gasteiger partial charge in [0.1, 0.15) is 0 Å². The van der Waals surface area contributed by atoms with Gasteiger partial charge in [0.25, 0.3) is 0 Å². The van der Waals surface area contributed by atoms with Crippen LogP contribution in [0.5, 0.6) is 0 Å². The highest BCUT2D eigenvalue weighted by Gasteiger charge is 2.28. The SMILES string of the molecule is CC1CN(S(=O)(=O)c2cccc(C(=O)O)c2)CCCO1. The van der Waals surface area contributed by atoms with Crippen LogP contribution >= 0.6 is 0 Å². The lowest BCUT2D eigenvalue weighted by Crippen LogP contribution is -2.36. The monoisotopic (exact) mass is 299 g/mol. The molecule has 0 aromatic heterocycles. The van der Waals surface area contributed by atoms with Crippen LogP contribution in [-0.4, -0.2) is 49.6 Å². The Morgan fingerprint density at radius 3 is 2.90 bits per heavy atom. The minimum Gasteiger partial charge on any atom is -0.478 e. The van der Waals surface area contributed by atoms with Crippen molar-refractivity contribution in [3.63, 3.8) is 0 Å². The van der Waals surface area contributed by atoms with Gasteiger partial charge in [-0.1, -0.05) is 6.07 Å². The third kappa shape index (κ3) is 3.17. The summed E-state index contributed by atoms with van der Waals surface area (Å²) in [7, 11) is -3.68. The maximum absolute atomic E-state index is 12.5. The Morgan fingerprint density at radius 2 is 2.20 bits per heavy atom. The molecule has 1 aliphatic rings. The Labute approximate surface area is 118 Å². The third-order valence-electron chi connectivity index (χ3n) is 3.13. The Balaban J connectivity index is 2.33. The molecular weight excluding hydrogens is 282 g/mol. The first-order valence-electron chi connectivity index (χ1n) is 6.36. The zero-order valence-corrected chi connectivity index (χ0v) is 12.0. The van der Waals surface area contributed by atoms with Crippen molar-refractivity contribution in [2.45, 2.75) is 24.3 Å². The molecule has 1 fully saturated rings. The van der Waals surface area contributed by atoms with Crippen molar-refractivity contribution < 1.29 is 23.1 Å². The molecular formula is C13H17NO5S. The Kier molecular flexibility index (Phi) is 4.42. The topological polar surface area (TPSA) is 83.9 Å². The molecule has 0 bridgehead atoms. The quantitative estimate of drug-likeness (QED) is 0.906. The molecule has 7 heteroatoms. The summed E-state index contributed by atoms with van der Waals surface area (Å²) in [6.45, 7) is 3.01. The molecule has 0 spiro atoms. The van der Waals surface area contributed by atoms with E-state index in [1.54, 1.807) is 0 Å². The van der Waals surface area contributed by atoms with E-state index >= 15 is 0 Å².